The quantitative estimate of drug-likeness (QED) is 0.801. The number of nitrogens with one attached hydrogen (secondary N) is 1. The van der Waals surface area contributed by atoms with Gasteiger partial charge >= 0.3 is 0 Å². The molecule has 106 valence electrons. The Morgan fingerprint density at radius 2 is 1.89 bits per heavy atom. The van der Waals surface area contributed by atoms with Crippen LogP contribution in [0.25, 0.3) is 0 Å². The smallest absolute Gasteiger partial charge is 0.242 e. The van der Waals surface area contributed by atoms with Crippen LogP contribution < -0.4 is 11.1 Å². The molecule has 0 radical (unpaired) electrons. The summed E-state index contributed by atoms with van der Waals surface area (Å²) in [4.78, 5) is 24.3. The number of rotatable bonds is 6. The molecule has 0 aromatic heterocycles. The molecule has 1 rings (SSSR count). The van der Waals surface area contributed by atoms with Gasteiger partial charge in [-0.1, -0.05) is 30.3 Å². The van der Waals surface area contributed by atoms with Gasteiger partial charge < -0.3 is 16.0 Å². The van der Waals surface area contributed by atoms with Crippen LogP contribution in [-0.2, 0) is 16.1 Å². The number of nitrogens with two attached hydrogens (primary N) is 1. The molecule has 0 aliphatic heterocycles. The van der Waals surface area contributed by atoms with Crippen molar-refractivity contribution in [2.75, 3.05) is 19.6 Å². The Bertz CT molecular complexity index is 398. The van der Waals surface area contributed by atoms with E-state index >= 15 is 0 Å². The van der Waals surface area contributed by atoms with E-state index in [2.05, 4.69) is 5.32 Å². The van der Waals surface area contributed by atoms with Crippen molar-refractivity contribution in [3.8, 4) is 0 Å². The third kappa shape index (κ3) is 6.79. The number of carbonyl (C=O) groups excluding carboxylic acids is 2. The maximum Gasteiger partial charge on any atom is 0.242 e. The summed E-state index contributed by atoms with van der Waals surface area (Å²) in [6.07, 6.45) is 0. The molecule has 0 aliphatic carbocycles. The van der Waals surface area contributed by atoms with E-state index in [0.29, 0.717) is 19.6 Å². The van der Waals surface area contributed by atoms with E-state index in [0.717, 1.165) is 5.56 Å². The third-order valence-electron chi connectivity index (χ3n) is 2.46. The molecule has 0 unspecified atom stereocenters. The lowest BCUT2D eigenvalue weighted by molar-refractivity contribution is -0.132. The van der Waals surface area contributed by atoms with Crippen LogP contribution in [0.4, 0.5) is 0 Å². The third-order valence-corrected chi connectivity index (χ3v) is 2.46. The molecule has 0 saturated heterocycles. The summed E-state index contributed by atoms with van der Waals surface area (Å²) in [5, 5.41) is 2.50. The summed E-state index contributed by atoms with van der Waals surface area (Å²) < 4.78 is 0. The van der Waals surface area contributed by atoms with E-state index in [1.807, 2.05) is 30.3 Å². The standard InChI is InChI=1S/C13H19N3O2.ClH/c1-11(17)15-9-13(18)16(8-7-14)10-12-5-3-2-4-6-12;/h2-6H,7-10,14H2,1H3,(H,15,17);1H. The van der Waals surface area contributed by atoms with Crippen LogP contribution in [0.2, 0.25) is 0 Å². The first-order chi connectivity index (χ1) is 8.63. The zero-order valence-corrected chi connectivity index (χ0v) is 11.8. The highest BCUT2D eigenvalue weighted by atomic mass is 35.5. The first kappa shape index (κ1) is 17.4. The number of amides is 2. The second kappa shape index (κ2) is 9.35. The summed E-state index contributed by atoms with van der Waals surface area (Å²) in [5.41, 5.74) is 6.54. The highest BCUT2D eigenvalue weighted by Gasteiger charge is 2.13. The van der Waals surface area contributed by atoms with Gasteiger partial charge in [0.05, 0.1) is 6.54 Å². The molecular weight excluding hydrogens is 266 g/mol. The van der Waals surface area contributed by atoms with Gasteiger partial charge in [0.15, 0.2) is 0 Å². The van der Waals surface area contributed by atoms with Crippen molar-refractivity contribution in [2.45, 2.75) is 13.5 Å². The maximum absolute atomic E-state index is 11.9. The monoisotopic (exact) mass is 285 g/mol. The molecule has 19 heavy (non-hydrogen) atoms. The zero-order chi connectivity index (χ0) is 13.4. The van der Waals surface area contributed by atoms with Gasteiger partial charge in [0.25, 0.3) is 0 Å². The summed E-state index contributed by atoms with van der Waals surface area (Å²) in [7, 11) is 0. The van der Waals surface area contributed by atoms with Crippen LogP contribution in [0.15, 0.2) is 30.3 Å². The van der Waals surface area contributed by atoms with E-state index in [9.17, 15) is 9.59 Å². The van der Waals surface area contributed by atoms with Gasteiger partial charge in [0.1, 0.15) is 0 Å². The van der Waals surface area contributed by atoms with Gasteiger partial charge in [-0.25, -0.2) is 0 Å². The van der Waals surface area contributed by atoms with E-state index in [1.165, 1.54) is 6.92 Å². The number of carbonyl (C=O) groups is 2. The predicted molar refractivity (Wildman–Crippen MR) is 76.8 cm³/mol. The lowest BCUT2D eigenvalue weighted by atomic mass is 10.2. The summed E-state index contributed by atoms with van der Waals surface area (Å²) >= 11 is 0. The zero-order valence-electron chi connectivity index (χ0n) is 11.0. The lowest BCUT2D eigenvalue weighted by Crippen LogP contribution is -2.41. The van der Waals surface area contributed by atoms with Gasteiger partial charge in [0.2, 0.25) is 11.8 Å². The first-order valence-corrected chi connectivity index (χ1v) is 5.89. The molecule has 0 aliphatic rings. The molecule has 3 N–H and O–H groups in total. The Kier molecular flexibility index (Phi) is 8.57. The van der Waals surface area contributed by atoms with Crippen molar-refractivity contribution < 1.29 is 9.59 Å². The van der Waals surface area contributed by atoms with Crippen LogP contribution in [0.5, 0.6) is 0 Å². The minimum Gasteiger partial charge on any atom is -0.347 e. The highest BCUT2D eigenvalue weighted by Crippen LogP contribution is 2.04. The molecule has 0 saturated carbocycles. The van der Waals surface area contributed by atoms with Gasteiger partial charge in [-0.15, -0.1) is 12.4 Å². The van der Waals surface area contributed by atoms with Crippen molar-refractivity contribution in [1.82, 2.24) is 10.2 Å². The van der Waals surface area contributed by atoms with Crippen LogP contribution in [0, 0.1) is 0 Å². The molecular formula is C13H20ClN3O2. The fraction of sp³-hybridized carbons (Fsp3) is 0.385. The molecule has 0 spiro atoms. The summed E-state index contributed by atoms with van der Waals surface area (Å²) in [6.45, 7) is 2.79. The van der Waals surface area contributed by atoms with Crippen LogP contribution in [0.3, 0.4) is 0 Å². The first-order valence-electron chi connectivity index (χ1n) is 5.89. The normalized spacial score (nSPS) is 9.37. The largest absolute Gasteiger partial charge is 0.347 e. The van der Waals surface area contributed by atoms with E-state index in [1.54, 1.807) is 4.90 Å². The van der Waals surface area contributed by atoms with E-state index in [-0.39, 0.29) is 30.8 Å². The molecule has 5 nitrogen and oxygen atoms in total. The molecule has 2 amide bonds. The van der Waals surface area contributed by atoms with Crippen LogP contribution in [0.1, 0.15) is 12.5 Å². The van der Waals surface area contributed by atoms with Crippen LogP contribution in [-0.4, -0.2) is 36.3 Å². The van der Waals surface area contributed by atoms with Crippen molar-refractivity contribution in [3.05, 3.63) is 35.9 Å². The van der Waals surface area contributed by atoms with Crippen LogP contribution >= 0.6 is 12.4 Å². The fourth-order valence-corrected chi connectivity index (χ4v) is 1.56. The molecule has 0 bridgehead atoms. The molecule has 0 heterocycles. The topological polar surface area (TPSA) is 75.4 Å². The fourth-order valence-electron chi connectivity index (χ4n) is 1.56. The number of hydrogen-bond donors (Lipinski definition) is 2. The van der Waals surface area contributed by atoms with Crippen molar-refractivity contribution >= 4 is 24.2 Å². The maximum atomic E-state index is 11.9. The molecule has 1 aromatic carbocycles. The molecule has 0 atom stereocenters. The average molecular weight is 286 g/mol. The number of nitrogens with zero attached hydrogens (tertiary/aromatic N) is 1. The minimum atomic E-state index is -0.212. The second-order valence-electron chi connectivity index (χ2n) is 4.00. The van der Waals surface area contributed by atoms with E-state index < -0.39 is 0 Å². The predicted octanol–water partition coefficient (Wildman–Crippen LogP) is 0.532. The Morgan fingerprint density at radius 3 is 2.42 bits per heavy atom. The van der Waals surface area contributed by atoms with Gasteiger partial charge in [-0.2, -0.15) is 0 Å². The lowest BCUT2D eigenvalue weighted by Gasteiger charge is -2.22. The summed E-state index contributed by atoms with van der Waals surface area (Å²) in [5.74, 6) is -0.338. The Balaban J connectivity index is 0.00000324. The summed E-state index contributed by atoms with van der Waals surface area (Å²) in [6, 6.07) is 9.68. The average Bonchev–Trinajstić information content (AvgIpc) is 2.36. The minimum absolute atomic E-state index is 0. The van der Waals surface area contributed by atoms with Gasteiger partial charge in [-0.05, 0) is 5.56 Å². The Hall–Kier alpha value is -1.59. The van der Waals surface area contributed by atoms with Crippen molar-refractivity contribution in [2.24, 2.45) is 5.73 Å². The Labute approximate surface area is 119 Å². The molecule has 6 heteroatoms. The Morgan fingerprint density at radius 1 is 1.26 bits per heavy atom. The number of hydrogen-bond acceptors (Lipinski definition) is 3. The molecule has 1 aromatic rings. The van der Waals surface area contributed by atoms with Crippen molar-refractivity contribution in [3.63, 3.8) is 0 Å². The molecule has 0 fully saturated rings. The second-order valence-corrected chi connectivity index (χ2v) is 4.00. The van der Waals surface area contributed by atoms with E-state index in [4.69, 9.17) is 5.73 Å². The number of halogens is 1. The van der Waals surface area contributed by atoms with Gasteiger partial charge in [-0.3, -0.25) is 9.59 Å². The van der Waals surface area contributed by atoms with Crippen molar-refractivity contribution in [1.29, 1.82) is 0 Å². The number of benzene rings is 1. The highest BCUT2D eigenvalue weighted by molar-refractivity contribution is 5.85. The SMILES string of the molecule is CC(=O)NCC(=O)N(CCN)Cc1ccccc1.Cl. The van der Waals surface area contributed by atoms with Gasteiger partial charge in [0, 0.05) is 26.6 Å².